The highest BCUT2D eigenvalue weighted by molar-refractivity contribution is 9.10. The first kappa shape index (κ1) is 13.8. The summed E-state index contributed by atoms with van der Waals surface area (Å²) in [6.07, 6.45) is 1.68. The van der Waals surface area contributed by atoms with Gasteiger partial charge in [-0.3, -0.25) is 0 Å². The van der Waals surface area contributed by atoms with E-state index in [0.29, 0.717) is 16.1 Å². The Morgan fingerprint density at radius 2 is 2.11 bits per heavy atom. The number of hydrogen-bond donors (Lipinski definition) is 0. The molecule has 94 valence electrons. The van der Waals surface area contributed by atoms with Gasteiger partial charge in [-0.2, -0.15) is 0 Å². The Balaban J connectivity index is 2.25. The number of nitrogens with zero attached hydrogens (tertiary/aromatic N) is 1. The molecule has 1 heterocycles. The summed E-state index contributed by atoms with van der Waals surface area (Å²) in [4.78, 5) is 4.11. The van der Waals surface area contributed by atoms with Gasteiger partial charge in [0.2, 0.25) is 5.88 Å². The zero-order valence-corrected chi connectivity index (χ0v) is 12.9. The summed E-state index contributed by atoms with van der Waals surface area (Å²) in [5.74, 6) is 0.185. The van der Waals surface area contributed by atoms with Crippen LogP contribution < -0.4 is 4.74 Å². The molecule has 1 aromatic carbocycles. The second-order valence-electron chi connectivity index (χ2n) is 3.44. The summed E-state index contributed by atoms with van der Waals surface area (Å²) in [6.45, 7) is 0. The molecule has 0 bridgehead atoms. The molecule has 0 amide bonds. The first-order valence-electron chi connectivity index (χ1n) is 4.93. The van der Waals surface area contributed by atoms with Crippen LogP contribution in [0.3, 0.4) is 0 Å². The number of halogens is 4. The molecule has 0 saturated carbocycles. The van der Waals surface area contributed by atoms with Crippen LogP contribution in [0.1, 0.15) is 5.56 Å². The molecule has 0 unspecified atom stereocenters. The molecule has 0 N–H and O–H groups in total. The zero-order valence-electron chi connectivity index (χ0n) is 8.96. The normalized spacial score (nSPS) is 10.4. The molecule has 18 heavy (non-hydrogen) atoms. The molecule has 2 nitrogen and oxygen atoms in total. The summed E-state index contributed by atoms with van der Waals surface area (Å²) in [5.41, 5.74) is 1.03. The Morgan fingerprint density at radius 1 is 1.33 bits per heavy atom. The maximum Gasteiger partial charge on any atom is 0.219 e. The molecule has 0 fully saturated rings. The van der Waals surface area contributed by atoms with Crippen LogP contribution >= 0.6 is 43.5 Å². The largest absolute Gasteiger partial charge is 0.438 e. The third-order valence-corrected chi connectivity index (χ3v) is 3.70. The van der Waals surface area contributed by atoms with Crippen LogP contribution in [0, 0.1) is 5.82 Å². The summed E-state index contributed by atoms with van der Waals surface area (Å²) in [5, 5.41) is 0.760. The minimum absolute atomic E-state index is 0.0387. The molecule has 1 aromatic heterocycles. The summed E-state index contributed by atoms with van der Waals surface area (Å²) in [7, 11) is 0. The van der Waals surface area contributed by atoms with Crippen molar-refractivity contribution >= 4 is 43.5 Å². The third-order valence-electron chi connectivity index (χ3n) is 2.14. The second kappa shape index (κ2) is 5.99. The maximum absolute atomic E-state index is 13.3. The van der Waals surface area contributed by atoms with Gasteiger partial charge in [-0.05, 0) is 27.6 Å². The number of pyridine rings is 1. The van der Waals surface area contributed by atoms with Gasteiger partial charge in [-0.15, -0.1) is 0 Å². The van der Waals surface area contributed by atoms with Crippen molar-refractivity contribution in [3.05, 3.63) is 51.3 Å². The predicted molar refractivity (Wildman–Crippen MR) is 76.1 cm³/mol. The molecule has 6 heteroatoms. The number of alkyl halides is 1. The lowest BCUT2D eigenvalue weighted by molar-refractivity contribution is 0.455. The van der Waals surface area contributed by atoms with Crippen LogP contribution in [0.2, 0.25) is 5.02 Å². The van der Waals surface area contributed by atoms with Crippen LogP contribution in [0.4, 0.5) is 4.39 Å². The van der Waals surface area contributed by atoms with Crippen molar-refractivity contribution in [3.63, 3.8) is 0 Å². The molecule has 0 radical (unpaired) electrons. The SMILES string of the molecule is Fc1cc(Oc2ccc(CBr)cn2)c(Br)cc1Cl. The summed E-state index contributed by atoms with van der Waals surface area (Å²) >= 11 is 12.2. The van der Waals surface area contributed by atoms with Crippen LogP contribution in [0.25, 0.3) is 0 Å². The van der Waals surface area contributed by atoms with E-state index in [-0.39, 0.29) is 5.02 Å². The van der Waals surface area contributed by atoms with Crippen LogP contribution in [-0.2, 0) is 5.33 Å². The van der Waals surface area contributed by atoms with Gasteiger partial charge in [0.05, 0.1) is 9.50 Å². The highest BCUT2D eigenvalue weighted by Gasteiger charge is 2.09. The number of hydrogen-bond acceptors (Lipinski definition) is 2. The molecular formula is C12H7Br2ClFNO. The summed E-state index contributed by atoms with van der Waals surface area (Å²) in [6, 6.07) is 6.25. The Morgan fingerprint density at radius 3 is 2.72 bits per heavy atom. The van der Waals surface area contributed by atoms with Gasteiger partial charge < -0.3 is 4.74 Å². The number of ether oxygens (including phenoxy) is 1. The number of aromatic nitrogens is 1. The molecule has 0 spiro atoms. The lowest BCUT2D eigenvalue weighted by atomic mass is 10.3. The minimum atomic E-state index is -0.535. The van der Waals surface area contributed by atoms with Crippen molar-refractivity contribution in [2.45, 2.75) is 5.33 Å². The molecule has 0 atom stereocenters. The van der Waals surface area contributed by atoms with Crippen molar-refractivity contribution in [2.24, 2.45) is 0 Å². The van der Waals surface area contributed by atoms with Crippen molar-refractivity contribution in [3.8, 4) is 11.6 Å². The van der Waals surface area contributed by atoms with Gasteiger partial charge >= 0.3 is 0 Å². The zero-order chi connectivity index (χ0) is 13.1. The first-order chi connectivity index (χ1) is 8.60. The van der Waals surface area contributed by atoms with Crippen LogP contribution in [-0.4, -0.2) is 4.98 Å². The van der Waals surface area contributed by atoms with Gasteiger partial charge in [0.15, 0.2) is 0 Å². The maximum atomic E-state index is 13.3. The quantitative estimate of drug-likeness (QED) is 0.518. The van der Waals surface area contributed by atoms with Gasteiger partial charge in [0.25, 0.3) is 0 Å². The van der Waals surface area contributed by atoms with Gasteiger partial charge in [0.1, 0.15) is 11.6 Å². The Labute approximate surface area is 125 Å². The topological polar surface area (TPSA) is 22.1 Å². The third kappa shape index (κ3) is 3.22. The van der Waals surface area contributed by atoms with Crippen LogP contribution in [0.5, 0.6) is 11.6 Å². The smallest absolute Gasteiger partial charge is 0.219 e. The fourth-order valence-electron chi connectivity index (χ4n) is 1.25. The Hall–Kier alpha value is -0.650. The predicted octanol–water partition coefficient (Wildman–Crippen LogP) is 5.32. The first-order valence-corrected chi connectivity index (χ1v) is 7.22. The lowest BCUT2D eigenvalue weighted by Crippen LogP contribution is -1.91. The minimum Gasteiger partial charge on any atom is -0.438 e. The van der Waals surface area contributed by atoms with E-state index in [4.69, 9.17) is 16.3 Å². The Kier molecular flexibility index (Phi) is 4.59. The molecular weight excluding hydrogens is 388 g/mol. The highest BCUT2D eigenvalue weighted by Crippen LogP contribution is 2.33. The van der Waals surface area contributed by atoms with E-state index in [2.05, 4.69) is 36.8 Å². The van der Waals surface area contributed by atoms with E-state index >= 15 is 0 Å². The van der Waals surface area contributed by atoms with E-state index < -0.39 is 5.82 Å². The fourth-order valence-corrected chi connectivity index (χ4v) is 2.30. The monoisotopic (exact) mass is 393 g/mol. The average Bonchev–Trinajstić information content (AvgIpc) is 2.37. The highest BCUT2D eigenvalue weighted by atomic mass is 79.9. The molecule has 0 aliphatic rings. The molecule has 0 saturated heterocycles. The number of benzene rings is 1. The average molecular weight is 395 g/mol. The van der Waals surface area contributed by atoms with Crippen LogP contribution in [0.15, 0.2) is 34.9 Å². The van der Waals surface area contributed by atoms with Gasteiger partial charge in [-0.25, -0.2) is 9.37 Å². The van der Waals surface area contributed by atoms with E-state index in [1.165, 1.54) is 12.1 Å². The van der Waals surface area contributed by atoms with Crippen molar-refractivity contribution in [1.82, 2.24) is 4.98 Å². The molecule has 0 aliphatic heterocycles. The van der Waals surface area contributed by atoms with Gasteiger partial charge in [0, 0.05) is 23.7 Å². The van der Waals surface area contributed by atoms with E-state index in [1.54, 1.807) is 12.3 Å². The standard InChI is InChI=1S/C12H7Br2ClFNO/c13-5-7-1-2-12(17-6-7)18-11-4-10(16)9(15)3-8(11)14/h1-4,6H,5H2. The lowest BCUT2D eigenvalue weighted by Gasteiger charge is -2.08. The summed E-state index contributed by atoms with van der Waals surface area (Å²) < 4.78 is 19.4. The molecule has 0 aliphatic carbocycles. The van der Waals surface area contributed by atoms with Crippen molar-refractivity contribution in [2.75, 3.05) is 0 Å². The Bertz CT molecular complexity index is 563. The van der Waals surface area contributed by atoms with Gasteiger partial charge in [-0.1, -0.05) is 33.6 Å². The van der Waals surface area contributed by atoms with Crippen molar-refractivity contribution < 1.29 is 9.13 Å². The second-order valence-corrected chi connectivity index (χ2v) is 5.26. The fraction of sp³-hybridized carbons (Fsp3) is 0.0833. The van der Waals surface area contributed by atoms with E-state index in [0.717, 1.165) is 10.9 Å². The van der Waals surface area contributed by atoms with Crippen molar-refractivity contribution in [1.29, 1.82) is 0 Å². The van der Waals surface area contributed by atoms with E-state index in [9.17, 15) is 4.39 Å². The van der Waals surface area contributed by atoms with E-state index in [1.807, 2.05) is 6.07 Å². The number of rotatable bonds is 3. The molecule has 2 aromatic rings. The molecule has 2 rings (SSSR count).